The van der Waals surface area contributed by atoms with Crippen molar-refractivity contribution >= 4 is 11.8 Å². The molecule has 1 nitrogen and oxygen atoms in total. The summed E-state index contributed by atoms with van der Waals surface area (Å²) in [5, 5.41) is 0. The highest BCUT2D eigenvalue weighted by molar-refractivity contribution is 7.99. The molecule has 2 unspecified atom stereocenters. The third kappa shape index (κ3) is 4.52. The molecule has 1 fully saturated rings. The number of nitrogens with two attached hydrogens (primary N) is 1. The van der Waals surface area contributed by atoms with E-state index in [2.05, 4.69) is 18.3 Å². The van der Waals surface area contributed by atoms with Crippen molar-refractivity contribution in [3.05, 3.63) is 12.7 Å². The number of rotatable bonds is 7. The van der Waals surface area contributed by atoms with Gasteiger partial charge in [-0.2, -0.15) is 11.8 Å². The van der Waals surface area contributed by atoms with Crippen molar-refractivity contribution in [2.45, 2.75) is 44.6 Å². The van der Waals surface area contributed by atoms with Gasteiger partial charge in [0.15, 0.2) is 0 Å². The van der Waals surface area contributed by atoms with Crippen molar-refractivity contribution in [3.63, 3.8) is 0 Å². The molecule has 0 amide bonds. The highest BCUT2D eigenvalue weighted by atomic mass is 32.2. The minimum atomic E-state index is 0.466. The molecule has 0 radical (unpaired) electrons. The van der Waals surface area contributed by atoms with Crippen molar-refractivity contribution in [3.8, 4) is 0 Å². The molecule has 1 saturated heterocycles. The number of hydrogen-bond donors (Lipinski definition) is 1. The van der Waals surface area contributed by atoms with E-state index in [1.165, 1.54) is 43.6 Å². The Bertz CT molecular complexity index is 152. The molecule has 1 aliphatic rings. The lowest BCUT2D eigenvalue weighted by atomic mass is 9.95. The van der Waals surface area contributed by atoms with Crippen LogP contribution in [0.1, 0.15) is 38.5 Å². The second-order valence-electron chi connectivity index (χ2n) is 4.21. The van der Waals surface area contributed by atoms with Crippen LogP contribution in [-0.4, -0.2) is 17.5 Å². The number of unbranched alkanes of at least 4 members (excludes halogenated alkanes) is 3. The monoisotopic (exact) mass is 213 g/mol. The molecular weight excluding hydrogens is 190 g/mol. The normalized spacial score (nSPS) is 23.6. The Balaban J connectivity index is 1.96. The van der Waals surface area contributed by atoms with Crippen LogP contribution in [0.2, 0.25) is 0 Å². The lowest BCUT2D eigenvalue weighted by Gasteiger charge is -2.17. The van der Waals surface area contributed by atoms with Crippen LogP contribution in [0.3, 0.4) is 0 Å². The Labute approximate surface area is 92.5 Å². The first kappa shape index (κ1) is 12.1. The zero-order chi connectivity index (χ0) is 10.2. The molecule has 0 aromatic carbocycles. The molecule has 1 heterocycles. The summed E-state index contributed by atoms with van der Waals surface area (Å²) in [6, 6.07) is 0.466. The van der Waals surface area contributed by atoms with E-state index in [-0.39, 0.29) is 0 Å². The predicted molar refractivity (Wildman–Crippen MR) is 66.7 cm³/mol. The van der Waals surface area contributed by atoms with Crippen molar-refractivity contribution < 1.29 is 0 Å². The van der Waals surface area contributed by atoms with Crippen molar-refractivity contribution in [1.82, 2.24) is 0 Å². The van der Waals surface area contributed by atoms with Crippen molar-refractivity contribution in [1.29, 1.82) is 0 Å². The van der Waals surface area contributed by atoms with E-state index in [1.54, 1.807) is 0 Å². The first-order chi connectivity index (χ1) is 6.84. The molecule has 0 spiro atoms. The van der Waals surface area contributed by atoms with Gasteiger partial charge in [0.1, 0.15) is 0 Å². The third-order valence-electron chi connectivity index (χ3n) is 3.02. The largest absolute Gasteiger partial charge is 0.327 e. The lowest BCUT2D eigenvalue weighted by Crippen LogP contribution is -2.29. The molecule has 82 valence electrons. The van der Waals surface area contributed by atoms with Crippen LogP contribution in [0.25, 0.3) is 0 Å². The molecule has 2 heteroatoms. The van der Waals surface area contributed by atoms with Gasteiger partial charge in [0.25, 0.3) is 0 Å². The first-order valence-electron chi connectivity index (χ1n) is 5.79. The van der Waals surface area contributed by atoms with Gasteiger partial charge in [-0.1, -0.05) is 18.9 Å². The standard InChI is InChI=1S/C12H23NS/c1-2-3-4-5-6-7-12(13)11-8-9-14-10-11/h2,11-12H,1,3-10,13H2. The zero-order valence-corrected chi connectivity index (χ0v) is 9.90. The number of hydrogen-bond acceptors (Lipinski definition) is 2. The SMILES string of the molecule is C=CCCCCCC(N)C1CCSC1. The van der Waals surface area contributed by atoms with Gasteiger partial charge in [-0.3, -0.25) is 0 Å². The minimum Gasteiger partial charge on any atom is -0.327 e. The summed E-state index contributed by atoms with van der Waals surface area (Å²) in [4.78, 5) is 0. The second kappa shape index (κ2) is 7.36. The molecule has 0 bridgehead atoms. The van der Waals surface area contributed by atoms with Gasteiger partial charge in [-0.05, 0) is 43.1 Å². The van der Waals surface area contributed by atoms with E-state index in [4.69, 9.17) is 5.73 Å². The Morgan fingerprint density at radius 3 is 2.93 bits per heavy atom. The van der Waals surface area contributed by atoms with Crippen LogP contribution in [0.15, 0.2) is 12.7 Å². The van der Waals surface area contributed by atoms with Crippen LogP contribution in [-0.2, 0) is 0 Å². The van der Waals surface area contributed by atoms with Gasteiger partial charge in [-0.25, -0.2) is 0 Å². The topological polar surface area (TPSA) is 26.0 Å². The van der Waals surface area contributed by atoms with Crippen molar-refractivity contribution in [2.75, 3.05) is 11.5 Å². The summed E-state index contributed by atoms with van der Waals surface area (Å²) in [6.45, 7) is 3.73. The quantitative estimate of drug-likeness (QED) is 0.519. The smallest absolute Gasteiger partial charge is 0.00753 e. The molecule has 0 aromatic heterocycles. The summed E-state index contributed by atoms with van der Waals surface area (Å²) in [7, 11) is 0. The van der Waals surface area contributed by atoms with Crippen molar-refractivity contribution in [2.24, 2.45) is 11.7 Å². The van der Waals surface area contributed by atoms with E-state index in [9.17, 15) is 0 Å². The average Bonchev–Trinajstić information content (AvgIpc) is 2.70. The van der Waals surface area contributed by atoms with Crippen LogP contribution in [0, 0.1) is 5.92 Å². The van der Waals surface area contributed by atoms with Crippen LogP contribution < -0.4 is 5.73 Å². The molecule has 2 N–H and O–H groups in total. The van der Waals surface area contributed by atoms with E-state index < -0.39 is 0 Å². The Kier molecular flexibility index (Phi) is 6.37. The highest BCUT2D eigenvalue weighted by Crippen LogP contribution is 2.27. The molecule has 0 aromatic rings. The second-order valence-corrected chi connectivity index (χ2v) is 5.36. The van der Waals surface area contributed by atoms with Gasteiger partial charge < -0.3 is 5.73 Å². The van der Waals surface area contributed by atoms with E-state index >= 15 is 0 Å². The van der Waals surface area contributed by atoms with Gasteiger partial charge in [-0.15, -0.1) is 6.58 Å². The third-order valence-corrected chi connectivity index (χ3v) is 4.20. The fourth-order valence-electron chi connectivity index (χ4n) is 1.97. The maximum Gasteiger partial charge on any atom is 0.00753 e. The highest BCUT2D eigenvalue weighted by Gasteiger charge is 2.21. The van der Waals surface area contributed by atoms with Crippen LogP contribution in [0.5, 0.6) is 0 Å². The fraction of sp³-hybridized carbons (Fsp3) is 0.833. The van der Waals surface area contributed by atoms with E-state index in [0.717, 1.165) is 12.3 Å². The summed E-state index contributed by atoms with van der Waals surface area (Å²) >= 11 is 2.06. The molecule has 1 aliphatic heterocycles. The molecule has 1 rings (SSSR count). The molecular formula is C12H23NS. The summed E-state index contributed by atoms with van der Waals surface area (Å²) < 4.78 is 0. The summed E-state index contributed by atoms with van der Waals surface area (Å²) in [6.07, 6.45) is 9.65. The van der Waals surface area contributed by atoms with Crippen LogP contribution >= 0.6 is 11.8 Å². The zero-order valence-electron chi connectivity index (χ0n) is 9.08. The number of allylic oxidation sites excluding steroid dienone is 1. The van der Waals surface area contributed by atoms with Crippen LogP contribution in [0.4, 0.5) is 0 Å². The minimum absolute atomic E-state index is 0.466. The maximum absolute atomic E-state index is 6.16. The Morgan fingerprint density at radius 1 is 1.43 bits per heavy atom. The predicted octanol–water partition coefficient (Wildman–Crippen LogP) is 3.20. The molecule has 14 heavy (non-hydrogen) atoms. The molecule has 2 atom stereocenters. The Morgan fingerprint density at radius 2 is 2.29 bits per heavy atom. The fourth-order valence-corrected chi connectivity index (χ4v) is 3.32. The maximum atomic E-state index is 6.16. The molecule has 0 aliphatic carbocycles. The van der Waals surface area contributed by atoms with Gasteiger partial charge in [0.2, 0.25) is 0 Å². The van der Waals surface area contributed by atoms with Gasteiger partial charge in [0.05, 0.1) is 0 Å². The van der Waals surface area contributed by atoms with E-state index in [1.807, 2.05) is 6.08 Å². The summed E-state index contributed by atoms with van der Waals surface area (Å²) in [5.74, 6) is 3.43. The summed E-state index contributed by atoms with van der Waals surface area (Å²) in [5.41, 5.74) is 6.16. The average molecular weight is 213 g/mol. The van der Waals surface area contributed by atoms with Gasteiger partial charge in [0, 0.05) is 6.04 Å². The van der Waals surface area contributed by atoms with E-state index in [0.29, 0.717) is 6.04 Å². The Hall–Kier alpha value is 0.0500. The first-order valence-corrected chi connectivity index (χ1v) is 6.94. The lowest BCUT2D eigenvalue weighted by molar-refractivity contribution is 0.423. The molecule has 0 saturated carbocycles. The number of thioether (sulfide) groups is 1. The van der Waals surface area contributed by atoms with Gasteiger partial charge >= 0.3 is 0 Å².